The number of halogens is 1. The Bertz CT molecular complexity index is 186. The number of carbonyl (C=O) groups is 1. The van der Waals surface area contributed by atoms with E-state index in [4.69, 9.17) is 4.74 Å². The first-order valence-corrected chi connectivity index (χ1v) is 5.01. The number of carbonyl (C=O) groups excluding carboxylic acids is 1. The largest absolute Gasteiger partial charge is 0.469 e. The first kappa shape index (κ1) is 11.4. The molecule has 1 atom stereocenters. The van der Waals surface area contributed by atoms with Crippen LogP contribution in [0.25, 0.3) is 0 Å². The van der Waals surface area contributed by atoms with E-state index in [1.54, 1.807) is 0 Å². The third-order valence-electron chi connectivity index (χ3n) is 2.59. The van der Waals surface area contributed by atoms with Crippen molar-refractivity contribution in [3.8, 4) is 0 Å². The highest BCUT2D eigenvalue weighted by atomic mass is 19.1. The molecule has 1 saturated carbocycles. The van der Waals surface area contributed by atoms with Crippen LogP contribution >= 0.6 is 0 Å². The van der Waals surface area contributed by atoms with Gasteiger partial charge >= 0.3 is 5.97 Å². The zero-order valence-electron chi connectivity index (χ0n) is 8.66. The Morgan fingerprint density at radius 1 is 1.36 bits per heavy atom. The molecule has 0 aromatic heterocycles. The van der Waals surface area contributed by atoms with E-state index in [1.807, 2.05) is 0 Å². The molecular weight excluding hydrogens is 187 g/mol. The molecule has 1 aliphatic rings. The second-order valence-corrected chi connectivity index (χ2v) is 3.68. The summed E-state index contributed by atoms with van der Waals surface area (Å²) in [5.41, 5.74) is 0. The number of hydrogen-bond acceptors (Lipinski definition) is 3. The first-order valence-electron chi connectivity index (χ1n) is 5.01. The standard InChI is InChI=1S/C10H17FO3/c1-7(11)14-9-5-3-8(4-6-9)10(12)13-2/h7-9H,3-6H2,1-2H3. The molecule has 1 unspecified atom stereocenters. The van der Waals surface area contributed by atoms with Gasteiger partial charge < -0.3 is 9.47 Å². The maximum absolute atomic E-state index is 12.5. The Hall–Kier alpha value is -0.640. The Balaban J connectivity index is 2.27. The zero-order valence-corrected chi connectivity index (χ0v) is 8.66. The monoisotopic (exact) mass is 204 g/mol. The van der Waals surface area contributed by atoms with Crippen molar-refractivity contribution in [2.45, 2.75) is 45.1 Å². The van der Waals surface area contributed by atoms with E-state index in [0.29, 0.717) is 0 Å². The van der Waals surface area contributed by atoms with Crippen LogP contribution in [-0.2, 0) is 14.3 Å². The van der Waals surface area contributed by atoms with Gasteiger partial charge in [0.1, 0.15) is 0 Å². The fourth-order valence-electron chi connectivity index (χ4n) is 1.87. The molecule has 0 bridgehead atoms. The van der Waals surface area contributed by atoms with E-state index >= 15 is 0 Å². The lowest BCUT2D eigenvalue weighted by Crippen LogP contribution is -2.28. The smallest absolute Gasteiger partial charge is 0.308 e. The highest BCUT2D eigenvalue weighted by Crippen LogP contribution is 2.27. The van der Waals surface area contributed by atoms with Gasteiger partial charge in [-0.25, -0.2) is 4.39 Å². The van der Waals surface area contributed by atoms with Crippen LogP contribution in [0.4, 0.5) is 4.39 Å². The second-order valence-electron chi connectivity index (χ2n) is 3.68. The average molecular weight is 204 g/mol. The van der Waals surface area contributed by atoms with E-state index in [2.05, 4.69) is 4.74 Å². The van der Waals surface area contributed by atoms with Crippen molar-refractivity contribution in [2.75, 3.05) is 7.11 Å². The minimum absolute atomic E-state index is 0.0187. The van der Waals surface area contributed by atoms with Crippen LogP contribution in [0.2, 0.25) is 0 Å². The highest BCUT2D eigenvalue weighted by molar-refractivity contribution is 5.72. The van der Waals surface area contributed by atoms with E-state index in [1.165, 1.54) is 14.0 Å². The maximum atomic E-state index is 12.5. The summed E-state index contributed by atoms with van der Waals surface area (Å²) in [6, 6.07) is 0. The number of hydrogen-bond donors (Lipinski definition) is 0. The first-order chi connectivity index (χ1) is 6.63. The van der Waals surface area contributed by atoms with Gasteiger partial charge in [0, 0.05) is 0 Å². The predicted molar refractivity (Wildman–Crippen MR) is 49.4 cm³/mol. The van der Waals surface area contributed by atoms with E-state index < -0.39 is 6.36 Å². The van der Waals surface area contributed by atoms with Gasteiger partial charge in [-0.2, -0.15) is 0 Å². The quantitative estimate of drug-likeness (QED) is 0.660. The lowest BCUT2D eigenvalue weighted by Gasteiger charge is -2.27. The predicted octanol–water partition coefficient (Wildman–Crippen LogP) is 2.05. The molecule has 3 nitrogen and oxygen atoms in total. The fraction of sp³-hybridized carbons (Fsp3) is 0.900. The molecule has 0 spiro atoms. The molecule has 1 aliphatic carbocycles. The van der Waals surface area contributed by atoms with Crippen molar-refractivity contribution >= 4 is 5.97 Å². The molecule has 0 N–H and O–H groups in total. The van der Waals surface area contributed by atoms with Gasteiger partial charge in [0.2, 0.25) is 0 Å². The van der Waals surface area contributed by atoms with Crippen LogP contribution in [0, 0.1) is 5.92 Å². The summed E-state index contributed by atoms with van der Waals surface area (Å²) in [4.78, 5) is 11.2. The summed E-state index contributed by atoms with van der Waals surface area (Å²) in [7, 11) is 1.40. The second kappa shape index (κ2) is 5.29. The number of methoxy groups -OCH3 is 1. The summed E-state index contributed by atoms with van der Waals surface area (Å²) in [6.07, 6.45) is 1.72. The SMILES string of the molecule is COC(=O)C1CCC(OC(C)F)CC1. The summed E-state index contributed by atoms with van der Waals surface area (Å²) in [6.45, 7) is 1.38. The summed E-state index contributed by atoms with van der Waals surface area (Å²) < 4.78 is 22.2. The molecule has 14 heavy (non-hydrogen) atoms. The lowest BCUT2D eigenvalue weighted by molar-refractivity contribution is -0.149. The molecule has 0 heterocycles. The maximum Gasteiger partial charge on any atom is 0.308 e. The van der Waals surface area contributed by atoms with Crippen LogP contribution in [0.5, 0.6) is 0 Å². The molecule has 0 amide bonds. The third-order valence-corrected chi connectivity index (χ3v) is 2.59. The van der Waals surface area contributed by atoms with Crippen molar-refractivity contribution < 1.29 is 18.7 Å². The summed E-state index contributed by atoms with van der Waals surface area (Å²) in [5.74, 6) is -0.175. The van der Waals surface area contributed by atoms with Crippen molar-refractivity contribution in [1.29, 1.82) is 0 Å². The van der Waals surface area contributed by atoms with Gasteiger partial charge in [0.25, 0.3) is 0 Å². The number of alkyl halides is 1. The fourth-order valence-corrected chi connectivity index (χ4v) is 1.87. The van der Waals surface area contributed by atoms with E-state index in [0.717, 1.165) is 25.7 Å². The van der Waals surface area contributed by atoms with Crippen molar-refractivity contribution in [3.63, 3.8) is 0 Å². The number of rotatable bonds is 3. The Labute approximate surface area is 83.6 Å². The summed E-state index contributed by atoms with van der Waals surface area (Å²) in [5, 5.41) is 0. The van der Waals surface area contributed by atoms with Gasteiger partial charge in [-0.3, -0.25) is 4.79 Å². The van der Waals surface area contributed by atoms with Gasteiger partial charge in [0.15, 0.2) is 6.36 Å². The molecule has 1 rings (SSSR count). The minimum atomic E-state index is -1.21. The van der Waals surface area contributed by atoms with Crippen molar-refractivity contribution in [1.82, 2.24) is 0 Å². The molecule has 0 aromatic rings. The zero-order chi connectivity index (χ0) is 10.6. The summed E-state index contributed by atoms with van der Waals surface area (Å²) >= 11 is 0. The molecule has 0 aliphatic heterocycles. The van der Waals surface area contributed by atoms with E-state index in [9.17, 15) is 9.18 Å². The Morgan fingerprint density at radius 2 is 1.93 bits per heavy atom. The highest BCUT2D eigenvalue weighted by Gasteiger charge is 2.27. The molecule has 4 heteroatoms. The molecule has 1 fully saturated rings. The number of ether oxygens (including phenoxy) is 2. The van der Waals surface area contributed by atoms with Crippen LogP contribution in [0.1, 0.15) is 32.6 Å². The van der Waals surface area contributed by atoms with Crippen LogP contribution in [0.3, 0.4) is 0 Å². The van der Waals surface area contributed by atoms with Crippen molar-refractivity contribution in [3.05, 3.63) is 0 Å². The van der Waals surface area contributed by atoms with E-state index in [-0.39, 0.29) is 18.0 Å². The van der Waals surface area contributed by atoms with Crippen LogP contribution < -0.4 is 0 Å². The topological polar surface area (TPSA) is 35.5 Å². The normalized spacial score (nSPS) is 29.6. The molecule has 0 radical (unpaired) electrons. The molecule has 82 valence electrons. The Kier molecular flexibility index (Phi) is 4.32. The van der Waals surface area contributed by atoms with Gasteiger partial charge in [-0.1, -0.05) is 0 Å². The molecular formula is C10H17FO3. The van der Waals surface area contributed by atoms with Gasteiger partial charge in [-0.05, 0) is 32.6 Å². The molecule has 0 saturated heterocycles. The van der Waals surface area contributed by atoms with Crippen LogP contribution in [0.15, 0.2) is 0 Å². The minimum Gasteiger partial charge on any atom is -0.469 e. The number of esters is 1. The lowest BCUT2D eigenvalue weighted by atomic mass is 9.87. The average Bonchev–Trinajstić information content (AvgIpc) is 2.17. The Morgan fingerprint density at radius 3 is 2.36 bits per heavy atom. The molecule has 0 aromatic carbocycles. The van der Waals surface area contributed by atoms with Gasteiger partial charge in [0.05, 0.1) is 19.1 Å². The van der Waals surface area contributed by atoms with Crippen LogP contribution in [-0.4, -0.2) is 25.5 Å². The van der Waals surface area contributed by atoms with Gasteiger partial charge in [-0.15, -0.1) is 0 Å². The third kappa shape index (κ3) is 3.25. The van der Waals surface area contributed by atoms with Crippen molar-refractivity contribution in [2.24, 2.45) is 5.92 Å².